The van der Waals surface area contributed by atoms with Crippen molar-refractivity contribution in [1.29, 1.82) is 0 Å². The normalized spacial score (nSPS) is 10.8. The van der Waals surface area contributed by atoms with Gasteiger partial charge in [0.2, 0.25) is 11.0 Å². The minimum absolute atomic E-state index is 0.183. The molecule has 27 heavy (non-hydrogen) atoms. The number of carbonyl (C=O) groups is 1. The summed E-state index contributed by atoms with van der Waals surface area (Å²) in [5, 5.41) is 16.2. The summed E-state index contributed by atoms with van der Waals surface area (Å²) in [6.07, 6.45) is 0.756. The lowest BCUT2D eigenvalue weighted by Crippen LogP contribution is -2.29. The van der Waals surface area contributed by atoms with Gasteiger partial charge in [-0.3, -0.25) is 14.9 Å². The van der Waals surface area contributed by atoms with Crippen molar-refractivity contribution in [2.75, 3.05) is 5.32 Å². The number of aromatic nitrogens is 4. The van der Waals surface area contributed by atoms with Crippen LogP contribution in [0.3, 0.4) is 0 Å². The SMILES string of the molecule is CCc1nnc(NC(=O)Cn2nc(-c3cc(C)c(C)cc3C)ccc2=O)s1. The standard InChI is InChI=1S/C19H21N5O2S/c1-5-17-21-22-19(27-17)20-16(25)10-24-18(26)7-6-15(23-24)14-9-12(3)11(2)8-13(14)4/h6-9H,5,10H2,1-4H3,(H,20,22,25). The zero-order chi connectivity index (χ0) is 19.6. The second-order valence-electron chi connectivity index (χ2n) is 6.37. The summed E-state index contributed by atoms with van der Waals surface area (Å²) >= 11 is 1.32. The molecule has 8 heteroatoms. The summed E-state index contributed by atoms with van der Waals surface area (Å²) < 4.78 is 1.17. The fourth-order valence-electron chi connectivity index (χ4n) is 2.68. The molecule has 0 spiro atoms. The molecule has 3 aromatic rings. The maximum atomic E-state index is 12.3. The molecule has 1 N–H and O–H groups in total. The van der Waals surface area contributed by atoms with E-state index in [1.807, 2.05) is 20.8 Å². The first-order chi connectivity index (χ1) is 12.9. The molecule has 1 amide bonds. The Morgan fingerprint density at radius 2 is 1.85 bits per heavy atom. The minimum Gasteiger partial charge on any atom is -0.299 e. The maximum absolute atomic E-state index is 12.3. The molecule has 0 saturated carbocycles. The van der Waals surface area contributed by atoms with Gasteiger partial charge in [0.05, 0.1) is 5.69 Å². The molecule has 2 aromatic heterocycles. The van der Waals surface area contributed by atoms with Crippen molar-refractivity contribution in [2.24, 2.45) is 0 Å². The van der Waals surface area contributed by atoms with Crippen LogP contribution in [0, 0.1) is 20.8 Å². The van der Waals surface area contributed by atoms with Gasteiger partial charge in [-0.15, -0.1) is 10.2 Å². The Morgan fingerprint density at radius 3 is 2.56 bits per heavy atom. The summed E-state index contributed by atoms with van der Waals surface area (Å²) in [5.41, 5.74) is 4.70. The lowest BCUT2D eigenvalue weighted by Gasteiger charge is -2.11. The highest BCUT2D eigenvalue weighted by Gasteiger charge is 2.12. The molecule has 0 aliphatic heterocycles. The third-order valence-corrected chi connectivity index (χ3v) is 5.28. The van der Waals surface area contributed by atoms with E-state index < -0.39 is 0 Å². The van der Waals surface area contributed by atoms with Crippen molar-refractivity contribution in [3.63, 3.8) is 0 Å². The van der Waals surface area contributed by atoms with Gasteiger partial charge in [0.1, 0.15) is 11.6 Å². The van der Waals surface area contributed by atoms with E-state index in [1.54, 1.807) is 6.07 Å². The van der Waals surface area contributed by atoms with Gasteiger partial charge in [0.25, 0.3) is 5.56 Å². The second-order valence-corrected chi connectivity index (χ2v) is 7.43. The summed E-state index contributed by atoms with van der Waals surface area (Å²) in [7, 11) is 0. The number of hydrogen-bond acceptors (Lipinski definition) is 6. The van der Waals surface area contributed by atoms with E-state index in [9.17, 15) is 9.59 Å². The van der Waals surface area contributed by atoms with E-state index in [2.05, 4.69) is 39.7 Å². The summed E-state index contributed by atoms with van der Waals surface area (Å²) in [6, 6.07) is 7.27. The van der Waals surface area contributed by atoms with Gasteiger partial charge in [0, 0.05) is 11.6 Å². The molecule has 7 nitrogen and oxygen atoms in total. The summed E-state index contributed by atoms with van der Waals surface area (Å²) in [5.74, 6) is -0.364. The third kappa shape index (κ3) is 4.28. The van der Waals surface area contributed by atoms with Crippen LogP contribution < -0.4 is 10.9 Å². The molecule has 0 radical (unpaired) electrons. The van der Waals surface area contributed by atoms with Crippen molar-refractivity contribution >= 4 is 22.4 Å². The molecule has 0 atom stereocenters. The monoisotopic (exact) mass is 383 g/mol. The van der Waals surface area contributed by atoms with Crippen molar-refractivity contribution < 1.29 is 4.79 Å². The van der Waals surface area contributed by atoms with Crippen LogP contribution in [0.1, 0.15) is 28.6 Å². The van der Waals surface area contributed by atoms with Crippen LogP contribution in [0.25, 0.3) is 11.3 Å². The first-order valence-electron chi connectivity index (χ1n) is 8.66. The predicted octanol–water partition coefficient (Wildman–Crippen LogP) is 2.89. The van der Waals surface area contributed by atoms with Crippen molar-refractivity contribution in [3.05, 3.63) is 56.3 Å². The number of carbonyl (C=O) groups excluding carboxylic acids is 1. The first-order valence-corrected chi connectivity index (χ1v) is 9.47. The fourth-order valence-corrected chi connectivity index (χ4v) is 3.38. The van der Waals surface area contributed by atoms with Gasteiger partial charge >= 0.3 is 0 Å². The molecule has 0 unspecified atom stereocenters. The van der Waals surface area contributed by atoms with E-state index in [0.29, 0.717) is 10.8 Å². The lowest BCUT2D eigenvalue weighted by atomic mass is 9.99. The molecular weight excluding hydrogens is 362 g/mol. The van der Waals surface area contributed by atoms with Gasteiger partial charge in [-0.2, -0.15) is 5.10 Å². The summed E-state index contributed by atoms with van der Waals surface area (Å²) in [4.78, 5) is 24.4. The van der Waals surface area contributed by atoms with Crippen LogP contribution >= 0.6 is 11.3 Å². The van der Waals surface area contributed by atoms with Gasteiger partial charge in [-0.1, -0.05) is 24.3 Å². The third-order valence-electron chi connectivity index (χ3n) is 4.29. The van der Waals surface area contributed by atoms with Crippen molar-refractivity contribution in [2.45, 2.75) is 40.7 Å². The van der Waals surface area contributed by atoms with E-state index >= 15 is 0 Å². The highest BCUT2D eigenvalue weighted by Crippen LogP contribution is 2.24. The highest BCUT2D eigenvalue weighted by atomic mass is 32.1. The fraction of sp³-hybridized carbons (Fsp3) is 0.316. The van der Waals surface area contributed by atoms with Crippen LogP contribution in [-0.4, -0.2) is 25.9 Å². The topological polar surface area (TPSA) is 89.8 Å². The van der Waals surface area contributed by atoms with Crippen LogP contribution in [0.4, 0.5) is 5.13 Å². The van der Waals surface area contributed by atoms with Gasteiger partial charge < -0.3 is 0 Å². The number of hydrogen-bond donors (Lipinski definition) is 1. The Kier molecular flexibility index (Phi) is 5.46. The second kappa shape index (κ2) is 7.79. The molecule has 0 aliphatic rings. The Hall–Kier alpha value is -2.87. The number of nitrogens with one attached hydrogen (secondary N) is 1. The van der Waals surface area contributed by atoms with Crippen LogP contribution in [0.5, 0.6) is 0 Å². The molecule has 0 fully saturated rings. The van der Waals surface area contributed by atoms with Gasteiger partial charge in [-0.25, -0.2) is 4.68 Å². The van der Waals surface area contributed by atoms with Crippen LogP contribution in [-0.2, 0) is 17.8 Å². The van der Waals surface area contributed by atoms with Crippen molar-refractivity contribution in [1.82, 2.24) is 20.0 Å². The highest BCUT2D eigenvalue weighted by molar-refractivity contribution is 7.15. The molecule has 0 bridgehead atoms. The van der Waals surface area contributed by atoms with E-state index in [-0.39, 0.29) is 18.0 Å². The number of benzene rings is 1. The van der Waals surface area contributed by atoms with E-state index in [4.69, 9.17) is 0 Å². The number of rotatable bonds is 5. The van der Waals surface area contributed by atoms with Gasteiger partial charge in [-0.05, 0) is 56.0 Å². The van der Waals surface area contributed by atoms with Crippen LogP contribution in [0.2, 0.25) is 0 Å². The minimum atomic E-state index is -0.364. The molecular formula is C19H21N5O2S. The van der Waals surface area contributed by atoms with E-state index in [1.165, 1.54) is 27.6 Å². The molecule has 0 saturated heterocycles. The van der Waals surface area contributed by atoms with Gasteiger partial charge in [0.15, 0.2) is 0 Å². The maximum Gasteiger partial charge on any atom is 0.267 e. The van der Waals surface area contributed by atoms with E-state index in [0.717, 1.165) is 28.1 Å². The Bertz CT molecular complexity index is 1050. The average molecular weight is 383 g/mol. The molecule has 1 aromatic carbocycles. The quantitative estimate of drug-likeness (QED) is 0.732. The lowest BCUT2D eigenvalue weighted by molar-refractivity contribution is -0.117. The average Bonchev–Trinajstić information content (AvgIpc) is 3.07. The molecule has 3 rings (SSSR count). The number of aryl methyl sites for hydroxylation is 4. The Labute approximate surface area is 161 Å². The largest absolute Gasteiger partial charge is 0.299 e. The Balaban J connectivity index is 1.84. The van der Waals surface area contributed by atoms with Crippen molar-refractivity contribution in [3.8, 4) is 11.3 Å². The zero-order valence-corrected chi connectivity index (χ0v) is 16.6. The predicted molar refractivity (Wildman–Crippen MR) is 106 cm³/mol. The molecule has 0 aliphatic carbocycles. The smallest absolute Gasteiger partial charge is 0.267 e. The molecule has 2 heterocycles. The Morgan fingerprint density at radius 1 is 1.11 bits per heavy atom. The zero-order valence-electron chi connectivity index (χ0n) is 15.7. The summed E-state index contributed by atoms with van der Waals surface area (Å²) in [6.45, 7) is 7.89. The number of anilines is 1. The number of amides is 1. The van der Waals surface area contributed by atoms with Crippen LogP contribution in [0.15, 0.2) is 29.1 Å². The first kappa shape index (κ1) is 18.9. The molecule has 140 valence electrons. The number of nitrogens with zero attached hydrogens (tertiary/aromatic N) is 4.